The van der Waals surface area contributed by atoms with E-state index in [4.69, 9.17) is 5.73 Å². The third-order valence-corrected chi connectivity index (χ3v) is 7.86. The molecule has 4 saturated carbocycles. The summed E-state index contributed by atoms with van der Waals surface area (Å²) in [5.74, 6) is 0.851. The van der Waals surface area contributed by atoms with Gasteiger partial charge in [-0.15, -0.1) is 0 Å². The Labute approximate surface area is 184 Å². The number of benzene rings is 1. The van der Waals surface area contributed by atoms with E-state index in [0.717, 1.165) is 25.3 Å². The van der Waals surface area contributed by atoms with E-state index in [-0.39, 0.29) is 28.3 Å². The van der Waals surface area contributed by atoms with Gasteiger partial charge >= 0.3 is 0 Å². The average Bonchev–Trinajstić information content (AvgIpc) is 3.01. The van der Waals surface area contributed by atoms with Gasteiger partial charge < -0.3 is 11.1 Å². The largest absolute Gasteiger partial charge is 0.384 e. The number of nitrogens with zero attached hydrogens (tertiary/aromatic N) is 1. The van der Waals surface area contributed by atoms with Crippen molar-refractivity contribution >= 4 is 29.2 Å². The normalized spacial score (nSPS) is 29.7. The Hall–Kier alpha value is -3.42. The number of pyridine rings is 1. The van der Waals surface area contributed by atoms with Crippen molar-refractivity contribution in [3.63, 3.8) is 0 Å². The number of hydrogen-bond acceptors (Lipinski definition) is 5. The maximum Gasteiger partial charge on any atom is 0.262 e. The van der Waals surface area contributed by atoms with Crippen molar-refractivity contribution in [2.24, 2.45) is 23.2 Å². The van der Waals surface area contributed by atoms with Crippen LogP contribution in [-0.2, 0) is 4.79 Å². The van der Waals surface area contributed by atoms with Crippen LogP contribution < -0.4 is 21.9 Å². The van der Waals surface area contributed by atoms with E-state index in [1.807, 2.05) is 0 Å². The Bertz CT molecular complexity index is 1210. The highest BCUT2D eigenvalue weighted by atomic mass is 16.2. The maximum absolute atomic E-state index is 13.3. The highest BCUT2D eigenvalue weighted by Crippen LogP contribution is 2.60. The zero-order valence-corrected chi connectivity index (χ0v) is 17.5. The number of nitrogens with one attached hydrogen (secondary N) is 2. The first-order valence-corrected chi connectivity index (χ1v) is 11.2. The van der Waals surface area contributed by atoms with E-state index in [1.54, 1.807) is 24.3 Å². The third kappa shape index (κ3) is 2.75. The van der Waals surface area contributed by atoms with Crippen LogP contribution in [0, 0.1) is 23.2 Å². The van der Waals surface area contributed by atoms with Crippen molar-refractivity contribution in [3.8, 4) is 5.69 Å². The molecule has 2 heterocycles. The van der Waals surface area contributed by atoms with E-state index in [9.17, 15) is 19.2 Å². The topological polar surface area (TPSA) is 123 Å². The molecule has 2 aromatic rings. The molecule has 1 aromatic heterocycles. The number of carbonyl (C=O) groups excluding carboxylic acids is 3. The lowest BCUT2D eigenvalue weighted by Gasteiger charge is -2.55. The van der Waals surface area contributed by atoms with Gasteiger partial charge in [-0.25, -0.2) is 0 Å². The first-order chi connectivity index (χ1) is 15.3. The molecule has 1 aromatic carbocycles. The third-order valence-electron chi connectivity index (χ3n) is 7.86. The molecule has 0 spiro atoms. The zero-order valence-electron chi connectivity index (χ0n) is 17.5. The second-order valence-corrected chi connectivity index (χ2v) is 9.97. The van der Waals surface area contributed by atoms with Gasteiger partial charge in [-0.2, -0.15) is 0 Å². The fraction of sp³-hybridized carbons (Fsp3) is 0.417. The molecule has 8 nitrogen and oxygen atoms in total. The highest BCUT2D eigenvalue weighted by Gasteiger charge is 2.54. The quantitative estimate of drug-likeness (QED) is 0.643. The van der Waals surface area contributed by atoms with E-state index in [1.165, 1.54) is 23.8 Å². The fourth-order valence-corrected chi connectivity index (χ4v) is 6.89. The molecule has 0 atom stereocenters. The van der Waals surface area contributed by atoms with Crippen molar-refractivity contribution in [2.45, 2.75) is 38.5 Å². The number of fused-ring (bicyclic) bond motifs is 1. The van der Waals surface area contributed by atoms with Crippen LogP contribution in [0.25, 0.3) is 5.69 Å². The number of anilines is 2. The molecule has 4 aliphatic carbocycles. The van der Waals surface area contributed by atoms with Gasteiger partial charge in [-0.1, -0.05) is 0 Å². The van der Waals surface area contributed by atoms with Crippen LogP contribution in [0.5, 0.6) is 0 Å². The molecule has 32 heavy (non-hydrogen) atoms. The summed E-state index contributed by atoms with van der Waals surface area (Å²) in [4.78, 5) is 49.7. The predicted octanol–water partition coefficient (Wildman–Crippen LogP) is 2.46. The Kier molecular flexibility index (Phi) is 3.94. The van der Waals surface area contributed by atoms with Gasteiger partial charge in [0.15, 0.2) is 0 Å². The molecular formula is C24H24N4O4. The van der Waals surface area contributed by atoms with Crippen LogP contribution in [0.4, 0.5) is 11.5 Å². The molecule has 0 unspecified atom stereocenters. The lowest BCUT2D eigenvalue weighted by molar-refractivity contribution is -0.140. The molecule has 8 heteroatoms. The summed E-state index contributed by atoms with van der Waals surface area (Å²) in [7, 11) is 0. The Morgan fingerprint density at radius 3 is 2.16 bits per heavy atom. The van der Waals surface area contributed by atoms with Crippen LogP contribution in [-0.4, -0.2) is 22.3 Å². The molecule has 4 N–H and O–H groups in total. The summed E-state index contributed by atoms with van der Waals surface area (Å²) in [6.45, 7) is 0. The van der Waals surface area contributed by atoms with E-state index in [2.05, 4.69) is 10.6 Å². The first kappa shape index (κ1) is 19.3. The van der Waals surface area contributed by atoms with Crippen molar-refractivity contribution in [1.82, 2.24) is 9.88 Å². The van der Waals surface area contributed by atoms with Crippen LogP contribution in [0.15, 0.2) is 35.1 Å². The summed E-state index contributed by atoms with van der Waals surface area (Å²) in [5.41, 5.74) is 6.46. The van der Waals surface area contributed by atoms with E-state index in [0.29, 0.717) is 29.1 Å². The minimum Gasteiger partial charge on any atom is -0.384 e. The molecule has 1 aliphatic heterocycles. The molecule has 4 bridgehead atoms. The van der Waals surface area contributed by atoms with Crippen molar-refractivity contribution in [2.75, 3.05) is 11.1 Å². The Morgan fingerprint density at radius 1 is 0.969 bits per heavy atom. The molecular weight excluding hydrogens is 408 g/mol. The summed E-state index contributed by atoms with van der Waals surface area (Å²) < 4.78 is 1.20. The number of hydrogen-bond donors (Lipinski definition) is 3. The van der Waals surface area contributed by atoms with Crippen molar-refractivity contribution in [3.05, 3.63) is 51.8 Å². The Morgan fingerprint density at radius 2 is 1.56 bits per heavy atom. The van der Waals surface area contributed by atoms with Gasteiger partial charge in [-0.05, 0) is 80.5 Å². The molecule has 164 valence electrons. The number of imide groups is 1. The van der Waals surface area contributed by atoms with Crippen LogP contribution in [0.1, 0.15) is 59.2 Å². The maximum atomic E-state index is 13.3. The molecule has 7 rings (SSSR count). The highest BCUT2D eigenvalue weighted by molar-refractivity contribution is 6.23. The molecule has 0 radical (unpaired) electrons. The molecule has 4 fully saturated rings. The number of carbonyl (C=O) groups is 3. The molecule has 5 aliphatic rings. The summed E-state index contributed by atoms with van der Waals surface area (Å²) >= 11 is 0. The molecule has 3 amide bonds. The SMILES string of the molecule is Nc1c2c(cc(=O)n1-c1ccc(NC(=O)C34CC5CC(CC(C5)C3)C4)cc1)C(=O)NC2=O. The summed E-state index contributed by atoms with van der Waals surface area (Å²) in [6, 6.07) is 7.94. The predicted molar refractivity (Wildman–Crippen MR) is 117 cm³/mol. The number of amides is 3. The van der Waals surface area contributed by atoms with Crippen LogP contribution >= 0.6 is 0 Å². The number of aromatic nitrogens is 1. The van der Waals surface area contributed by atoms with Gasteiger partial charge in [0.25, 0.3) is 17.4 Å². The lowest BCUT2D eigenvalue weighted by Crippen LogP contribution is -2.51. The standard InChI is InChI=1S/C24H24N4O4/c25-20-19-17(21(30)27-22(19)31)8-18(29)28(20)16-3-1-15(2-4-16)26-23(32)24-9-12-5-13(10-24)7-14(6-12)11-24/h1-4,8,12-14H,5-7,9-11,25H2,(H,26,32)(H,27,30,31). The minimum absolute atomic E-state index is 0.00629. The van der Waals surface area contributed by atoms with Gasteiger partial charge in [-0.3, -0.25) is 29.1 Å². The zero-order chi connectivity index (χ0) is 22.2. The second kappa shape index (κ2) is 6.54. The number of rotatable bonds is 3. The average molecular weight is 432 g/mol. The Balaban J connectivity index is 1.27. The monoisotopic (exact) mass is 432 g/mol. The van der Waals surface area contributed by atoms with E-state index >= 15 is 0 Å². The minimum atomic E-state index is -0.622. The molecule has 0 saturated heterocycles. The smallest absolute Gasteiger partial charge is 0.262 e. The van der Waals surface area contributed by atoms with Crippen molar-refractivity contribution < 1.29 is 14.4 Å². The number of nitrogen functional groups attached to an aromatic ring is 1. The second-order valence-electron chi connectivity index (χ2n) is 9.97. The van der Waals surface area contributed by atoms with Crippen molar-refractivity contribution in [1.29, 1.82) is 0 Å². The van der Waals surface area contributed by atoms with Gasteiger partial charge in [0.05, 0.1) is 22.2 Å². The number of nitrogens with two attached hydrogens (primary N) is 1. The lowest BCUT2D eigenvalue weighted by atomic mass is 9.49. The summed E-state index contributed by atoms with van der Waals surface area (Å²) in [5, 5.41) is 5.25. The van der Waals surface area contributed by atoms with Gasteiger partial charge in [0.2, 0.25) is 5.91 Å². The first-order valence-electron chi connectivity index (χ1n) is 11.2. The van der Waals surface area contributed by atoms with Crippen LogP contribution in [0.2, 0.25) is 0 Å². The van der Waals surface area contributed by atoms with Gasteiger partial charge in [0, 0.05) is 11.8 Å². The summed E-state index contributed by atoms with van der Waals surface area (Å²) in [6.07, 6.45) is 6.81. The van der Waals surface area contributed by atoms with Crippen LogP contribution in [0.3, 0.4) is 0 Å². The van der Waals surface area contributed by atoms with E-state index < -0.39 is 17.4 Å². The fourth-order valence-electron chi connectivity index (χ4n) is 6.89. The van der Waals surface area contributed by atoms with Gasteiger partial charge in [0.1, 0.15) is 5.82 Å².